The van der Waals surface area contributed by atoms with Gasteiger partial charge in [0.2, 0.25) is 0 Å². The number of rotatable bonds is 4. The van der Waals surface area contributed by atoms with Crippen LogP contribution in [-0.4, -0.2) is 0 Å². The first kappa shape index (κ1) is 19.6. The third-order valence-corrected chi connectivity index (χ3v) is 5.96. The van der Waals surface area contributed by atoms with Crippen molar-refractivity contribution in [2.45, 2.75) is 40.5 Å². The van der Waals surface area contributed by atoms with Crippen molar-refractivity contribution < 1.29 is 19.2 Å². The zero-order valence-corrected chi connectivity index (χ0v) is 17.2. The Hall–Kier alpha value is 0.634. The van der Waals surface area contributed by atoms with Crippen molar-refractivity contribution in [3.05, 3.63) is 43.2 Å². The summed E-state index contributed by atoms with van der Waals surface area (Å²) in [5, 5.41) is 0. The van der Waals surface area contributed by atoms with Crippen LogP contribution in [-0.2, 0) is 19.2 Å². The van der Waals surface area contributed by atoms with E-state index in [0.717, 1.165) is 0 Å². The van der Waals surface area contributed by atoms with E-state index < -0.39 is 0 Å². The van der Waals surface area contributed by atoms with Gasteiger partial charge < -0.3 is 0 Å². The Morgan fingerprint density at radius 2 is 1.16 bits per heavy atom. The molecule has 0 aliphatic heterocycles. The Morgan fingerprint density at radius 3 is 1.47 bits per heavy atom. The Labute approximate surface area is 148 Å². The molecule has 0 heterocycles. The molecule has 0 fully saturated rings. The SMILES string of the molecule is Br.Br.CC(C)C1=[C]([Ti][C]2=C(C(C)C)C=CC2)CC=C1. The summed E-state index contributed by atoms with van der Waals surface area (Å²) in [4.78, 5) is 0. The summed E-state index contributed by atoms with van der Waals surface area (Å²) < 4.78 is 3.55. The predicted molar refractivity (Wildman–Crippen MR) is 91.9 cm³/mol. The van der Waals surface area contributed by atoms with Crippen molar-refractivity contribution >= 4 is 34.0 Å². The summed E-state index contributed by atoms with van der Waals surface area (Å²) in [6.07, 6.45) is 11.9. The number of hydrogen-bond donors (Lipinski definition) is 0. The van der Waals surface area contributed by atoms with Gasteiger partial charge in [0.1, 0.15) is 0 Å². The van der Waals surface area contributed by atoms with Crippen LogP contribution in [0, 0.1) is 11.8 Å². The molecule has 0 aromatic rings. The fourth-order valence-corrected chi connectivity index (χ4v) is 5.42. The molecule has 0 atom stereocenters. The molecule has 3 heteroatoms. The Balaban J connectivity index is 0.00000162. The first-order valence-electron chi connectivity index (χ1n) is 6.65. The summed E-state index contributed by atoms with van der Waals surface area (Å²) in [5.41, 5.74) is 3.26. The van der Waals surface area contributed by atoms with E-state index in [1.807, 2.05) is 0 Å². The van der Waals surface area contributed by atoms with Gasteiger partial charge in [0.15, 0.2) is 0 Å². The van der Waals surface area contributed by atoms with E-state index in [-0.39, 0.29) is 53.1 Å². The van der Waals surface area contributed by atoms with E-state index in [9.17, 15) is 0 Å². The van der Waals surface area contributed by atoms with E-state index >= 15 is 0 Å². The van der Waals surface area contributed by atoms with Crippen LogP contribution in [0.2, 0.25) is 0 Å². The van der Waals surface area contributed by atoms with Gasteiger partial charge in [-0.25, -0.2) is 0 Å². The molecule has 2 aliphatic carbocycles. The zero-order chi connectivity index (χ0) is 12.4. The van der Waals surface area contributed by atoms with E-state index in [4.69, 9.17) is 0 Å². The fraction of sp³-hybridized carbons (Fsp3) is 0.500. The molecule has 106 valence electrons. The minimum atomic E-state index is -0.0443. The minimum absolute atomic E-state index is 0. The molecule has 0 nitrogen and oxygen atoms in total. The van der Waals surface area contributed by atoms with Crippen LogP contribution in [0.3, 0.4) is 0 Å². The molecule has 0 bridgehead atoms. The normalized spacial score (nSPS) is 17.4. The third-order valence-electron chi connectivity index (χ3n) is 3.48. The second-order valence-corrected chi connectivity index (χ2v) is 7.79. The standard InChI is InChI=1S/2C8H11.2BrH.Ti/c2*1-7(2)8-5-3-4-6-8;;;/h2*3,5,7H,4H2,1-2H3;2*1H;. The quantitative estimate of drug-likeness (QED) is 0.489. The van der Waals surface area contributed by atoms with E-state index in [0.29, 0.717) is 11.8 Å². The fourth-order valence-electron chi connectivity index (χ4n) is 2.55. The predicted octanol–water partition coefficient (Wildman–Crippen LogP) is 5.96. The van der Waals surface area contributed by atoms with Gasteiger partial charge in [-0.2, -0.15) is 0 Å². The van der Waals surface area contributed by atoms with Crippen LogP contribution in [0.25, 0.3) is 0 Å². The summed E-state index contributed by atoms with van der Waals surface area (Å²) in [7, 11) is 0. The molecule has 0 radical (unpaired) electrons. The van der Waals surface area contributed by atoms with Crippen molar-refractivity contribution in [1.82, 2.24) is 0 Å². The Kier molecular flexibility index (Phi) is 9.11. The average molecular weight is 424 g/mol. The van der Waals surface area contributed by atoms with Gasteiger partial charge in [-0.1, -0.05) is 0 Å². The molecule has 0 saturated heterocycles. The van der Waals surface area contributed by atoms with Gasteiger partial charge in [0, 0.05) is 0 Å². The van der Waals surface area contributed by atoms with Crippen LogP contribution in [0.4, 0.5) is 0 Å². The molecule has 0 aromatic carbocycles. The molecule has 0 N–H and O–H groups in total. The molecule has 2 rings (SSSR count). The van der Waals surface area contributed by atoms with E-state index in [1.165, 1.54) is 12.8 Å². The summed E-state index contributed by atoms with van der Waals surface area (Å²) in [5.74, 6) is 1.40. The van der Waals surface area contributed by atoms with E-state index in [2.05, 4.69) is 52.0 Å². The Morgan fingerprint density at radius 1 is 0.789 bits per heavy atom. The monoisotopic (exact) mass is 422 g/mol. The molecule has 0 amide bonds. The van der Waals surface area contributed by atoms with Crippen LogP contribution in [0.1, 0.15) is 40.5 Å². The maximum atomic E-state index is 2.36. The van der Waals surface area contributed by atoms with Gasteiger partial charge in [0.05, 0.1) is 0 Å². The van der Waals surface area contributed by atoms with Crippen molar-refractivity contribution in [2.24, 2.45) is 11.8 Å². The molecule has 0 unspecified atom stereocenters. The number of allylic oxidation sites excluding steroid dienone is 8. The third kappa shape index (κ3) is 4.84. The molecule has 2 aliphatic rings. The number of hydrogen-bond acceptors (Lipinski definition) is 0. The number of halogens is 2. The van der Waals surface area contributed by atoms with Gasteiger partial charge in [-0.3, -0.25) is 0 Å². The molecular formula is C16H24Br2Ti. The van der Waals surface area contributed by atoms with Crippen molar-refractivity contribution in [1.29, 1.82) is 0 Å². The second kappa shape index (κ2) is 8.82. The summed E-state index contributed by atoms with van der Waals surface area (Å²) in [6.45, 7) is 9.28. The second-order valence-electron chi connectivity index (χ2n) is 5.52. The molecule has 0 aromatic heterocycles. The average Bonchev–Trinajstić information content (AvgIpc) is 2.86. The molecule has 19 heavy (non-hydrogen) atoms. The van der Waals surface area contributed by atoms with E-state index in [1.54, 1.807) is 18.9 Å². The zero-order valence-electron chi connectivity index (χ0n) is 12.2. The van der Waals surface area contributed by atoms with Gasteiger partial charge in [-0.15, -0.1) is 34.0 Å². The first-order valence-corrected chi connectivity index (χ1v) is 8.22. The van der Waals surface area contributed by atoms with Gasteiger partial charge in [0.25, 0.3) is 0 Å². The van der Waals surface area contributed by atoms with Crippen LogP contribution in [0.15, 0.2) is 43.2 Å². The summed E-state index contributed by atoms with van der Waals surface area (Å²) >= 11 is -0.0443. The van der Waals surface area contributed by atoms with Crippen molar-refractivity contribution in [3.8, 4) is 0 Å². The topological polar surface area (TPSA) is 0 Å². The molecular weight excluding hydrogens is 400 g/mol. The van der Waals surface area contributed by atoms with Crippen LogP contribution >= 0.6 is 34.0 Å². The molecule has 0 spiro atoms. The van der Waals surface area contributed by atoms with Crippen LogP contribution in [0.5, 0.6) is 0 Å². The first-order chi connectivity index (χ1) is 8.09. The van der Waals surface area contributed by atoms with Crippen molar-refractivity contribution in [2.75, 3.05) is 0 Å². The molecule has 0 saturated carbocycles. The Bertz CT molecular complexity index is 386. The van der Waals surface area contributed by atoms with Crippen LogP contribution < -0.4 is 0 Å². The summed E-state index contributed by atoms with van der Waals surface area (Å²) in [6, 6.07) is 0. The maximum absolute atomic E-state index is 2.36. The van der Waals surface area contributed by atoms with Gasteiger partial charge >= 0.3 is 115 Å². The van der Waals surface area contributed by atoms with Crippen molar-refractivity contribution in [3.63, 3.8) is 0 Å². The van der Waals surface area contributed by atoms with Gasteiger partial charge in [-0.05, 0) is 0 Å².